The minimum Gasteiger partial charge on any atom is -0.452 e. The summed E-state index contributed by atoms with van der Waals surface area (Å²) in [6.45, 7) is 4.69. The van der Waals surface area contributed by atoms with Gasteiger partial charge in [0.1, 0.15) is 6.17 Å². The Balaban J connectivity index is 2.35. The number of nitrogens with zero attached hydrogens (tertiary/aromatic N) is 2. The molecule has 1 rings (SSSR count). The molecule has 1 saturated heterocycles. The van der Waals surface area contributed by atoms with Crippen molar-refractivity contribution in [3.05, 3.63) is 0 Å². The Morgan fingerprint density at radius 3 is 2.82 bits per heavy atom. The van der Waals surface area contributed by atoms with E-state index >= 15 is 0 Å². The van der Waals surface area contributed by atoms with Gasteiger partial charge in [0.05, 0.1) is 7.11 Å². The molecule has 11 heavy (non-hydrogen) atoms. The number of methoxy groups -OCH3 is 1. The molecule has 1 amide bonds. The number of hydrogen-bond acceptors (Lipinski definition) is 4. The fourth-order valence-electron chi connectivity index (χ4n) is 0.967. The van der Waals surface area contributed by atoms with Crippen LogP contribution in [0.25, 0.3) is 0 Å². The zero-order chi connectivity index (χ0) is 8.43. The largest absolute Gasteiger partial charge is 0.452 e. The van der Waals surface area contributed by atoms with Crippen molar-refractivity contribution < 1.29 is 9.53 Å². The molecule has 64 valence electrons. The quantitative estimate of drug-likeness (QED) is 0.583. The first-order valence-corrected chi connectivity index (χ1v) is 3.62. The lowest BCUT2D eigenvalue weighted by Crippen LogP contribution is -2.27. The fraction of sp³-hybridized carbons (Fsp3) is 0.833. The van der Waals surface area contributed by atoms with Gasteiger partial charge in [-0.05, 0) is 6.92 Å². The predicted molar refractivity (Wildman–Crippen MR) is 39.2 cm³/mol. The first kappa shape index (κ1) is 8.29. The third-order valence-electron chi connectivity index (χ3n) is 1.57. The van der Waals surface area contributed by atoms with Crippen molar-refractivity contribution in [2.45, 2.75) is 20.0 Å². The Labute approximate surface area is 65.8 Å². The van der Waals surface area contributed by atoms with Crippen LogP contribution in [-0.4, -0.2) is 36.0 Å². The molecule has 0 aromatic heterocycles. The third-order valence-corrected chi connectivity index (χ3v) is 1.57. The van der Waals surface area contributed by atoms with E-state index in [1.54, 1.807) is 5.12 Å². The zero-order valence-electron chi connectivity index (χ0n) is 7.00. The highest BCUT2D eigenvalue weighted by atomic mass is 16.6. The van der Waals surface area contributed by atoms with Crippen LogP contribution in [-0.2, 0) is 4.74 Å². The summed E-state index contributed by atoms with van der Waals surface area (Å²) in [5, 5.41) is 3.23. The van der Waals surface area contributed by atoms with E-state index in [2.05, 4.69) is 10.2 Å². The van der Waals surface area contributed by atoms with Gasteiger partial charge in [0.15, 0.2) is 0 Å². The lowest BCUT2D eigenvalue weighted by molar-refractivity contribution is 0.126. The Kier molecular flexibility index (Phi) is 2.31. The molecule has 0 spiro atoms. The molecule has 1 N–H and O–H groups in total. The predicted octanol–water partition coefficient (Wildman–Crippen LogP) is 0.156. The van der Waals surface area contributed by atoms with Gasteiger partial charge in [-0.15, -0.1) is 5.12 Å². The summed E-state index contributed by atoms with van der Waals surface area (Å²) < 4.78 is 4.53. The van der Waals surface area contributed by atoms with Crippen molar-refractivity contribution >= 4 is 6.09 Å². The van der Waals surface area contributed by atoms with E-state index in [4.69, 9.17) is 0 Å². The summed E-state index contributed by atoms with van der Waals surface area (Å²) in [6, 6.07) is 0. The van der Waals surface area contributed by atoms with Crippen LogP contribution in [0.15, 0.2) is 0 Å². The Morgan fingerprint density at radius 1 is 1.73 bits per heavy atom. The summed E-state index contributed by atoms with van der Waals surface area (Å²) in [5.74, 6) is 0. The lowest BCUT2D eigenvalue weighted by Gasteiger charge is -2.01. The minimum absolute atomic E-state index is 0.113. The lowest BCUT2D eigenvalue weighted by atomic mass is 10.7. The number of carbonyl (C=O) groups excluding carboxylic acids is 1. The first-order chi connectivity index (χ1) is 5.22. The highest BCUT2D eigenvalue weighted by Crippen LogP contribution is 2.22. The van der Waals surface area contributed by atoms with E-state index in [-0.39, 0.29) is 12.3 Å². The Bertz CT molecular complexity index is 162. The number of hydrazine groups is 2. The molecule has 0 bridgehead atoms. The monoisotopic (exact) mass is 159 g/mol. The van der Waals surface area contributed by atoms with Crippen LogP contribution < -0.4 is 5.43 Å². The van der Waals surface area contributed by atoms with Crippen molar-refractivity contribution in [2.75, 3.05) is 13.7 Å². The van der Waals surface area contributed by atoms with Gasteiger partial charge in [0.2, 0.25) is 0 Å². The average molecular weight is 159 g/mol. The molecule has 5 nitrogen and oxygen atoms in total. The standard InChI is InChI=1S/C6H13N3O2/c1-4-7-9-5(2)8(9)6(10)11-3/h5,7H,4H2,1-3H3/t5-,8?,9?/m1/s1. The van der Waals surface area contributed by atoms with Crippen molar-refractivity contribution in [1.82, 2.24) is 15.6 Å². The number of hydrogen-bond donors (Lipinski definition) is 1. The zero-order valence-corrected chi connectivity index (χ0v) is 7.00. The van der Waals surface area contributed by atoms with Crippen molar-refractivity contribution in [1.29, 1.82) is 0 Å². The molecule has 0 aromatic carbocycles. The van der Waals surface area contributed by atoms with E-state index in [1.807, 2.05) is 13.8 Å². The highest BCUT2D eigenvalue weighted by Gasteiger charge is 2.46. The molecule has 1 unspecified atom stereocenters. The minimum atomic E-state index is -0.321. The van der Waals surface area contributed by atoms with E-state index in [0.717, 1.165) is 6.54 Å². The third kappa shape index (κ3) is 1.44. The summed E-state index contributed by atoms with van der Waals surface area (Å²) in [6.07, 6.45) is -0.208. The van der Waals surface area contributed by atoms with E-state index in [0.29, 0.717) is 0 Å². The van der Waals surface area contributed by atoms with Gasteiger partial charge in [-0.3, -0.25) is 0 Å². The van der Waals surface area contributed by atoms with Crippen LogP contribution >= 0.6 is 0 Å². The second-order valence-electron chi connectivity index (χ2n) is 2.30. The number of ether oxygens (including phenoxy) is 1. The number of amides is 1. The molecular formula is C6H13N3O2. The summed E-state index contributed by atoms with van der Waals surface area (Å²) in [7, 11) is 1.37. The molecule has 2 atom stereocenters. The summed E-state index contributed by atoms with van der Waals surface area (Å²) >= 11 is 0. The first-order valence-electron chi connectivity index (χ1n) is 3.62. The van der Waals surface area contributed by atoms with E-state index in [9.17, 15) is 4.79 Å². The molecular weight excluding hydrogens is 146 g/mol. The van der Waals surface area contributed by atoms with Gasteiger partial charge >= 0.3 is 6.09 Å². The number of nitrogens with one attached hydrogen (secondary N) is 1. The van der Waals surface area contributed by atoms with Gasteiger partial charge in [-0.1, -0.05) is 6.92 Å². The maximum absolute atomic E-state index is 10.9. The molecule has 5 heteroatoms. The van der Waals surface area contributed by atoms with Crippen molar-refractivity contribution in [2.24, 2.45) is 0 Å². The molecule has 1 aliphatic rings. The summed E-state index contributed by atoms with van der Waals surface area (Å²) in [5.41, 5.74) is 2.99. The van der Waals surface area contributed by atoms with Crippen LogP contribution in [0.2, 0.25) is 0 Å². The van der Waals surface area contributed by atoms with Crippen LogP contribution in [0, 0.1) is 0 Å². The normalized spacial score (nSPS) is 28.5. The molecule has 1 fully saturated rings. The number of rotatable bonds is 2. The van der Waals surface area contributed by atoms with Gasteiger partial charge in [-0.2, -0.15) is 0 Å². The average Bonchev–Trinajstić information content (AvgIpc) is 2.62. The molecule has 0 radical (unpaired) electrons. The molecule has 1 aliphatic heterocycles. The maximum atomic E-state index is 10.9. The molecule has 0 aliphatic carbocycles. The highest BCUT2D eigenvalue weighted by molar-refractivity contribution is 5.69. The van der Waals surface area contributed by atoms with Crippen LogP contribution in [0.5, 0.6) is 0 Å². The van der Waals surface area contributed by atoms with Gasteiger partial charge in [-0.25, -0.2) is 15.2 Å². The van der Waals surface area contributed by atoms with Gasteiger partial charge in [0.25, 0.3) is 0 Å². The number of carbonyl (C=O) groups is 1. The smallest absolute Gasteiger partial charge is 0.426 e. The van der Waals surface area contributed by atoms with Gasteiger partial charge < -0.3 is 4.74 Å². The molecule has 0 saturated carbocycles. The summed E-state index contributed by atoms with van der Waals surface area (Å²) in [4.78, 5) is 10.9. The van der Waals surface area contributed by atoms with Crippen LogP contribution in [0.4, 0.5) is 4.79 Å². The topological polar surface area (TPSA) is 44.3 Å². The second kappa shape index (κ2) is 3.06. The Hall–Kier alpha value is -0.810. The van der Waals surface area contributed by atoms with Crippen molar-refractivity contribution in [3.63, 3.8) is 0 Å². The van der Waals surface area contributed by atoms with Crippen LogP contribution in [0.3, 0.4) is 0 Å². The SMILES string of the molecule is CCNN1[C@H](C)N1C(=O)OC. The van der Waals surface area contributed by atoms with Gasteiger partial charge in [0, 0.05) is 6.54 Å². The van der Waals surface area contributed by atoms with Crippen molar-refractivity contribution in [3.8, 4) is 0 Å². The maximum Gasteiger partial charge on any atom is 0.426 e. The van der Waals surface area contributed by atoms with E-state index in [1.165, 1.54) is 12.1 Å². The fourth-order valence-corrected chi connectivity index (χ4v) is 0.967. The second-order valence-corrected chi connectivity index (χ2v) is 2.30. The van der Waals surface area contributed by atoms with Crippen LogP contribution in [0.1, 0.15) is 13.8 Å². The molecule has 1 heterocycles. The molecule has 0 aromatic rings. The van der Waals surface area contributed by atoms with E-state index < -0.39 is 0 Å². The Morgan fingerprint density at radius 2 is 2.36 bits per heavy atom.